The predicted octanol–water partition coefficient (Wildman–Crippen LogP) is 2.21. The number of hydrogen-bond donors (Lipinski definition) is 1. The molecule has 27 heavy (non-hydrogen) atoms. The summed E-state index contributed by atoms with van der Waals surface area (Å²) in [5.74, 6) is -1.87. The van der Waals surface area contributed by atoms with Gasteiger partial charge in [0.1, 0.15) is 5.52 Å². The minimum atomic E-state index is -0.697. The number of ether oxygens (including phenoxy) is 2. The van der Waals surface area contributed by atoms with Crippen molar-refractivity contribution >= 4 is 34.6 Å². The number of carbonyl (C=O) groups is 3. The van der Waals surface area contributed by atoms with Gasteiger partial charge in [0.2, 0.25) is 0 Å². The van der Waals surface area contributed by atoms with Crippen LogP contribution in [0.15, 0.2) is 54.9 Å². The van der Waals surface area contributed by atoms with E-state index in [1.54, 1.807) is 36.4 Å². The van der Waals surface area contributed by atoms with E-state index in [2.05, 4.69) is 20.0 Å². The van der Waals surface area contributed by atoms with Gasteiger partial charge in [-0.25, -0.2) is 9.59 Å². The Morgan fingerprint density at radius 2 is 1.67 bits per heavy atom. The molecule has 3 rings (SSSR count). The van der Waals surface area contributed by atoms with Crippen LogP contribution in [-0.2, 0) is 14.3 Å². The highest BCUT2D eigenvalue weighted by atomic mass is 16.5. The summed E-state index contributed by atoms with van der Waals surface area (Å²) in [4.78, 5) is 44.4. The fraction of sp³-hybridized carbons (Fsp3) is 0.105. The Balaban J connectivity index is 1.68. The normalized spacial score (nSPS) is 10.3. The van der Waals surface area contributed by atoms with Crippen LogP contribution in [0.3, 0.4) is 0 Å². The SMILES string of the molecule is COC(=O)c1ccccc1NC(=O)COC(=O)c1cccc2nccnc12. The van der Waals surface area contributed by atoms with Crippen molar-refractivity contribution < 1.29 is 23.9 Å². The highest BCUT2D eigenvalue weighted by molar-refractivity contribution is 6.04. The summed E-state index contributed by atoms with van der Waals surface area (Å²) >= 11 is 0. The van der Waals surface area contributed by atoms with Crippen molar-refractivity contribution in [3.05, 3.63) is 66.0 Å². The van der Waals surface area contributed by atoms with E-state index in [0.717, 1.165) is 0 Å². The Kier molecular flexibility index (Phi) is 5.36. The first-order chi connectivity index (χ1) is 13.1. The first-order valence-corrected chi connectivity index (χ1v) is 7.94. The highest BCUT2D eigenvalue weighted by Gasteiger charge is 2.17. The quantitative estimate of drug-likeness (QED) is 0.691. The molecule has 0 spiro atoms. The van der Waals surface area contributed by atoms with E-state index in [0.29, 0.717) is 11.0 Å². The fourth-order valence-corrected chi connectivity index (χ4v) is 2.43. The van der Waals surface area contributed by atoms with Gasteiger partial charge in [-0.15, -0.1) is 0 Å². The second-order valence-corrected chi connectivity index (χ2v) is 5.39. The zero-order valence-corrected chi connectivity index (χ0v) is 14.3. The van der Waals surface area contributed by atoms with Crippen LogP contribution in [0.4, 0.5) is 5.69 Å². The lowest BCUT2D eigenvalue weighted by Gasteiger charge is -2.10. The van der Waals surface area contributed by atoms with Crippen molar-refractivity contribution in [3.8, 4) is 0 Å². The molecule has 0 aliphatic heterocycles. The number of fused-ring (bicyclic) bond motifs is 1. The third kappa shape index (κ3) is 4.06. The van der Waals surface area contributed by atoms with E-state index >= 15 is 0 Å². The lowest BCUT2D eigenvalue weighted by atomic mass is 10.2. The van der Waals surface area contributed by atoms with Gasteiger partial charge >= 0.3 is 11.9 Å². The van der Waals surface area contributed by atoms with Crippen molar-refractivity contribution in [3.63, 3.8) is 0 Å². The third-order valence-corrected chi connectivity index (χ3v) is 3.66. The van der Waals surface area contributed by atoms with Crippen LogP contribution in [0, 0.1) is 0 Å². The number of hydrogen-bond acceptors (Lipinski definition) is 7. The summed E-state index contributed by atoms with van der Waals surface area (Å²) in [5, 5.41) is 2.52. The summed E-state index contributed by atoms with van der Waals surface area (Å²) in [6.07, 6.45) is 2.99. The standard InChI is InChI=1S/C19H15N3O5/c1-26-18(24)12-5-2-3-7-14(12)22-16(23)11-27-19(25)13-6-4-8-15-17(13)21-10-9-20-15/h2-10H,11H2,1H3,(H,22,23). The molecule has 1 amide bonds. The molecule has 0 saturated heterocycles. The molecule has 1 N–H and O–H groups in total. The molecular formula is C19H15N3O5. The molecule has 3 aromatic rings. The second-order valence-electron chi connectivity index (χ2n) is 5.39. The van der Waals surface area contributed by atoms with Crippen LogP contribution in [0.25, 0.3) is 11.0 Å². The Hall–Kier alpha value is -3.81. The number of aromatic nitrogens is 2. The van der Waals surface area contributed by atoms with Crippen molar-refractivity contribution in [2.75, 3.05) is 19.0 Å². The van der Waals surface area contributed by atoms with E-state index in [1.165, 1.54) is 25.6 Å². The Bertz CT molecular complexity index is 1010. The lowest BCUT2D eigenvalue weighted by molar-refractivity contribution is -0.119. The topological polar surface area (TPSA) is 107 Å². The van der Waals surface area contributed by atoms with Crippen molar-refractivity contribution in [1.29, 1.82) is 0 Å². The van der Waals surface area contributed by atoms with Gasteiger partial charge < -0.3 is 14.8 Å². The number of esters is 2. The fourth-order valence-electron chi connectivity index (χ4n) is 2.43. The summed E-state index contributed by atoms with van der Waals surface area (Å²) in [6.45, 7) is -0.523. The van der Waals surface area contributed by atoms with Crippen LogP contribution in [0.2, 0.25) is 0 Å². The zero-order chi connectivity index (χ0) is 19.2. The molecule has 8 heteroatoms. The molecule has 1 heterocycles. The lowest BCUT2D eigenvalue weighted by Crippen LogP contribution is -2.22. The molecule has 0 radical (unpaired) electrons. The minimum absolute atomic E-state index is 0.198. The van der Waals surface area contributed by atoms with Gasteiger partial charge in [-0.2, -0.15) is 0 Å². The first kappa shape index (κ1) is 18.0. The Labute approximate surface area is 154 Å². The monoisotopic (exact) mass is 365 g/mol. The van der Waals surface area contributed by atoms with Crippen LogP contribution >= 0.6 is 0 Å². The number of methoxy groups -OCH3 is 1. The number of nitrogens with one attached hydrogen (secondary N) is 1. The maximum Gasteiger partial charge on any atom is 0.340 e. The molecule has 1 aromatic heterocycles. The largest absolute Gasteiger partial charge is 0.465 e. The number of rotatable bonds is 5. The smallest absolute Gasteiger partial charge is 0.340 e. The number of benzene rings is 2. The zero-order valence-electron chi connectivity index (χ0n) is 14.3. The number of anilines is 1. The summed E-state index contributed by atoms with van der Waals surface area (Å²) in [7, 11) is 1.25. The molecule has 136 valence electrons. The highest BCUT2D eigenvalue weighted by Crippen LogP contribution is 2.17. The van der Waals surface area contributed by atoms with Gasteiger partial charge in [0.25, 0.3) is 5.91 Å². The van der Waals surface area contributed by atoms with Crippen LogP contribution < -0.4 is 5.32 Å². The molecule has 0 fully saturated rings. The van der Waals surface area contributed by atoms with Crippen LogP contribution in [0.1, 0.15) is 20.7 Å². The van der Waals surface area contributed by atoms with Crippen molar-refractivity contribution in [1.82, 2.24) is 9.97 Å². The van der Waals surface area contributed by atoms with E-state index in [4.69, 9.17) is 4.74 Å². The maximum absolute atomic E-state index is 12.3. The number of carbonyl (C=O) groups excluding carboxylic acids is 3. The number of para-hydroxylation sites is 2. The van der Waals surface area contributed by atoms with E-state index in [-0.39, 0.29) is 16.8 Å². The molecular weight excluding hydrogens is 350 g/mol. The maximum atomic E-state index is 12.3. The Morgan fingerprint density at radius 3 is 2.48 bits per heavy atom. The van der Waals surface area contributed by atoms with Crippen molar-refractivity contribution in [2.24, 2.45) is 0 Å². The molecule has 8 nitrogen and oxygen atoms in total. The molecule has 0 saturated carbocycles. The molecule has 2 aromatic carbocycles. The summed E-state index contributed by atoms with van der Waals surface area (Å²) in [5.41, 5.74) is 1.61. The van der Waals surface area contributed by atoms with Crippen LogP contribution in [-0.4, -0.2) is 41.5 Å². The van der Waals surface area contributed by atoms with Crippen LogP contribution in [0.5, 0.6) is 0 Å². The molecule has 0 aliphatic carbocycles. The minimum Gasteiger partial charge on any atom is -0.465 e. The number of nitrogens with zero attached hydrogens (tertiary/aromatic N) is 2. The second kappa shape index (κ2) is 8.05. The van der Waals surface area contributed by atoms with E-state index < -0.39 is 24.5 Å². The molecule has 0 bridgehead atoms. The van der Waals surface area contributed by atoms with Gasteiger partial charge in [0.15, 0.2) is 6.61 Å². The van der Waals surface area contributed by atoms with E-state index in [9.17, 15) is 14.4 Å². The molecule has 0 aliphatic rings. The predicted molar refractivity (Wildman–Crippen MR) is 96.2 cm³/mol. The average molecular weight is 365 g/mol. The number of amides is 1. The Morgan fingerprint density at radius 1 is 0.926 bits per heavy atom. The molecule has 0 unspecified atom stereocenters. The summed E-state index contributed by atoms with van der Waals surface area (Å²) in [6, 6.07) is 11.3. The van der Waals surface area contributed by atoms with Gasteiger partial charge in [0.05, 0.1) is 29.4 Å². The van der Waals surface area contributed by atoms with Gasteiger partial charge in [-0.3, -0.25) is 14.8 Å². The van der Waals surface area contributed by atoms with Gasteiger partial charge in [0, 0.05) is 12.4 Å². The summed E-state index contributed by atoms with van der Waals surface area (Å²) < 4.78 is 9.73. The van der Waals surface area contributed by atoms with Crippen molar-refractivity contribution in [2.45, 2.75) is 0 Å². The first-order valence-electron chi connectivity index (χ1n) is 7.94. The van der Waals surface area contributed by atoms with E-state index in [1.807, 2.05) is 0 Å². The molecule has 0 atom stereocenters. The van der Waals surface area contributed by atoms with Gasteiger partial charge in [-0.05, 0) is 24.3 Å². The third-order valence-electron chi connectivity index (χ3n) is 3.66. The average Bonchev–Trinajstić information content (AvgIpc) is 2.71. The van der Waals surface area contributed by atoms with Gasteiger partial charge in [-0.1, -0.05) is 18.2 Å².